The van der Waals surface area contributed by atoms with E-state index in [1.165, 1.54) is 4.90 Å². The molecule has 0 aromatic heterocycles. The van der Waals surface area contributed by atoms with Crippen molar-refractivity contribution in [3.63, 3.8) is 0 Å². The average Bonchev–Trinajstić information content (AvgIpc) is 3.13. The third-order valence-corrected chi connectivity index (χ3v) is 4.22. The first kappa shape index (κ1) is 11.7. The molecule has 5 nitrogen and oxygen atoms in total. The van der Waals surface area contributed by atoms with E-state index < -0.39 is 0 Å². The predicted molar refractivity (Wildman–Crippen MR) is 71.6 cm³/mol. The van der Waals surface area contributed by atoms with E-state index in [1.54, 1.807) is 0 Å². The van der Waals surface area contributed by atoms with Crippen LogP contribution in [0.3, 0.4) is 0 Å². The summed E-state index contributed by atoms with van der Waals surface area (Å²) >= 11 is 0. The molecule has 1 N–H and O–H groups in total. The maximum absolute atomic E-state index is 12.4. The van der Waals surface area contributed by atoms with Crippen molar-refractivity contribution in [2.45, 2.75) is 12.2 Å². The fraction of sp³-hybridized carbons (Fsp3) is 0.333. The quantitative estimate of drug-likeness (QED) is 0.657. The van der Waals surface area contributed by atoms with Gasteiger partial charge in [-0.2, -0.15) is 0 Å². The van der Waals surface area contributed by atoms with Gasteiger partial charge in [0.2, 0.25) is 11.8 Å². The second-order valence-electron chi connectivity index (χ2n) is 5.31. The Morgan fingerprint density at radius 3 is 2.20 bits per heavy atom. The number of benzene rings is 1. The first-order chi connectivity index (χ1) is 9.75. The Labute approximate surface area is 116 Å². The van der Waals surface area contributed by atoms with Crippen LogP contribution in [0.4, 0.5) is 5.69 Å². The average molecular weight is 270 g/mol. The van der Waals surface area contributed by atoms with Crippen molar-refractivity contribution in [3.05, 3.63) is 42.5 Å². The number of anilines is 1. The SMILES string of the molecule is O=C1C2C3C=CC(O3)C2C(=O)N1CNc1ccccc1. The van der Waals surface area contributed by atoms with Gasteiger partial charge in [0, 0.05) is 5.69 Å². The molecule has 4 unspecified atom stereocenters. The molecule has 20 heavy (non-hydrogen) atoms. The Morgan fingerprint density at radius 1 is 1.00 bits per heavy atom. The van der Waals surface area contributed by atoms with E-state index in [4.69, 9.17) is 4.74 Å². The van der Waals surface area contributed by atoms with Crippen LogP contribution >= 0.6 is 0 Å². The van der Waals surface area contributed by atoms with E-state index in [0.717, 1.165) is 5.69 Å². The molecule has 4 atom stereocenters. The minimum Gasteiger partial charge on any atom is -0.367 e. The molecule has 5 heteroatoms. The number of rotatable bonds is 3. The van der Waals surface area contributed by atoms with Crippen molar-refractivity contribution in [2.24, 2.45) is 11.8 Å². The van der Waals surface area contributed by atoms with Gasteiger partial charge < -0.3 is 10.1 Å². The lowest BCUT2D eigenvalue weighted by atomic mass is 9.85. The molecule has 0 saturated carbocycles. The Hall–Kier alpha value is -2.14. The van der Waals surface area contributed by atoms with Crippen molar-refractivity contribution < 1.29 is 14.3 Å². The van der Waals surface area contributed by atoms with Crippen LogP contribution < -0.4 is 5.32 Å². The third kappa shape index (κ3) is 1.53. The lowest BCUT2D eigenvalue weighted by Gasteiger charge is -2.18. The van der Waals surface area contributed by atoms with Crippen molar-refractivity contribution in [2.75, 3.05) is 12.0 Å². The molecule has 2 fully saturated rings. The van der Waals surface area contributed by atoms with Gasteiger partial charge in [-0.3, -0.25) is 14.5 Å². The molecule has 2 amide bonds. The van der Waals surface area contributed by atoms with Crippen LogP contribution in [-0.2, 0) is 14.3 Å². The van der Waals surface area contributed by atoms with Gasteiger partial charge >= 0.3 is 0 Å². The topological polar surface area (TPSA) is 58.6 Å². The van der Waals surface area contributed by atoms with E-state index in [1.807, 2.05) is 42.5 Å². The molecular weight excluding hydrogens is 256 g/mol. The highest BCUT2D eigenvalue weighted by molar-refractivity contribution is 6.06. The Balaban J connectivity index is 1.51. The summed E-state index contributed by atoms with van der Waals surface area (Å²) in [5.41, 5.74) is 0.891. The third-order valence-electron chi connectivity index (χ3n) is 4.22. The maximum Gasteiger partial charge on any atom is 0.237 e. The monoisotopic (exact) mass is 270 g/mol. The van der Waals surface area contributed by atoms with Gasteiger partial charge in [0.1, 0.15) is 0 Å². The second-order valence-corrected chi connectivity index (χ2v) is 5.31. The zero-order valence-corrected chi connectivity index (χ0v) is 10.7. The van der Waals surface area contributed by atoms with Gasteiger partial charge in [0.05, 0.1) is 30.7 Å². The first-order valence-corrected chi connectivity index (χ1v) is 6.73. The summed E-state index contributed by atoms with van der Waals surface area (Å²) in [5.74, 6) is -0.897. The van der Waals surface area contributed by atoms with Gasteiger partial charge in [-0.25, -0.2) is 0 Å². The summed E-state index contributed by atoms with van der Waals surface area (Å²) < 4.78 is 5.59. The number of hydrogen-bond donors (Lipinski definition) is 1. The van der Waals surface area contributed by atoms with Crippen LogP contribution in [0.1, 0.15) is 0 Å². The fourth-order valence-corrected chi connectivity index (χ4v) is 3.25. The molecule has 1 aromatic rings. The molecule has 0 radical (unpaired) electrons. The summed E-state index contributed by atoms with van der Waals surface area (Å²) in [4.78, 5) is 26.0. The van der Waals surface area contributed by atoms with E-state index in [2.05, 4.69) is 5.32 Å². The van der Waals surface area contributed by atoms with Gasteiger partial charge in [0.15, 0.2) is 0 Å². The maximum atomic E-state index is 12.4. The normalized spacial score (nSPS) is 33.9. The first-order valence-electron chi connectivity index (χ1n) is 6.73. The highest BCUT2D eigenvalue weighted by atomic mass is 16.5. The zero-order valence-electron chi connectivity index (χ0n) is 10.7. The summed E-state index contributed by atoms with van der Waals surface area (Å²) in [6, 6.07) is 9.54. The predicted octanol–water partition coefficient (Wildman–Crippen LogP) is 0.994. The van der Waals surface area contributed by atoms with Crippen molar-refractivity contribution in [1.29, 1.82) is 0 Å². The molecule has 3 aliphatic rings. The molecular formula is C15H14N2O3. The number of carbonyl (C=O) groups excluding carboxylic acids is 2. The highest BCUT2D eigenvalue weighted by Gasteiger charge is 2.60. The smallest absolute Gasteiger partial charge is 0.237 e. The summed E-state index contributed by atoms with van der Waals surface area (Å²) in [7, 11) is 0. The molecule has 3 heterocycles. The van der Waals surface area contributed by atoms with E-state index in [0.29, 0.717) is 0 Å². The molecule has 0 aliphatic carbocycles. The van der Waals surface area contributed by atoms with E-state index in [9.17, 15) is 9.59 Å². The second kappa shape index (κ2) is 4.18. The van der Waals surface area contributed by atoms with Gasteiger partial charge in [-0.05, 0) is 12.1 Å². The van der Waals surface area contributed by atoms with Crippen molar-refractivity contribution >= 4 is 17.5 Å². The number of hydrogen-bond acceptors (Lipinski definition) is 4. The standard InChI is InChI=1S/C15H14N2O3/c18-14-12-10-6-7-11(20-10)13(12)15(19)17(14)8-16-9-4-2-1-3-5-9/h1-7,10-13,16H,8H2. The number of carbonyl (C=O) groups is 2. The Kier molecular flexibility index (Phi) is 2.44. The number of amides is 2. The number of fused-ring (bicyclic) bond motifs is 5. The Bertz CT molecular complexity index is 568. The molecule has 2 bridgehead atoms. The number of ether oxygens (including phenoxy) is 1. The van der Waals surface area contributed by atoms with Gasteiger partial charge in [0.25, 0.3) is 0 Å². The van der Waals surface area contributed by atoms with Crippen LogP contribution in [0.5, 0.6) is 0 Å². The lowest BCUT2D eigenvalue weighted by Crippen LogP contribution is -2.38. The molecule has 3 aliphatic heterocycles. The van der Waals surface area contributed by atoms with Gasteiger partial charge in [-0.15, -0.1) is 0 Å². The molecule has 102 valence electrons. The molecule has 4 rings (SSSR count). The number of para-hydroxylation sites is 1. The van der Waals surface area contributed by atoms with Crippen LogP contribution in [0.15, 0.2) is 42.5 Å². The number of imide groups is 1. The van der Waals surface area contributed by atoms with Gasteiger partial charge in [-0.1, -0.05) is 30.4 Å². The highest BCUT2D eigenvalue weighted by Crippen LogP contribution is 2.44. The summed E-state index contributed by atoms with van der Waals surface area (Å²) in [6.07, 6.45) is 3.35. The minimum absolute atomic E-state index is 0.125. The molecule has 2 saturated heterocycles. The van der Waals surface area contributed by atoms with Crippen LogP contribution in [0, 0.1) is 11.8 Å². The zero-order chi connectivity index (χ0) is 13.7. The molecule has 1 aromatic carbocycles. The fourth-order valence-electron chi connectivity index (χ4n) is 3.25. The molecule has 0 spiro atoms. The van der Waals surface area contributed by atoms with E-state index >= 15 is 0 Å². The van der Waals surface area contributed by atoms with Crippen molar-refractivity contribution in [3.8, 4) is 0 Å². The summed E-state index contributed by atoms with van der Waals surface area (Å²) in [5, 5.41) is 3.11. The van der Waals surface area contributed by atoms with E-state index in [-0.39, 0.29) is 42.5 Å². The number of nitrogens with zero attached hydrogens (tertiary/aromatic N) is 1. The Morgan fingerprint density at radius 2 is 1.60 bits per heavy atom. The number of nitrogens with one attached hydrogen (secondary N) is 1. The van der Waals surface area contributed by atoms with Crippen molar-refractivity contribution in [1.82, 2.24) is 4.90 Å². The minimum atomic E-state index is -0.324. The lowest BCUT2D eigenvalue weighted by molar-refractivity contribution is -0.141. The number of likely N-dealkylation sites (tertiary alicyclic amines) is 1. The van der Waals surface area contributed by atoms with Crippen LogP contribution in [-0.4, -0.2) is 35.6 Å². The van der Waals surface area contributed by atoms with Crippen LogP contribution in [0.2, 0.25) is 0 Å². The largest absolute Gasteiger partial charge is 0.367 e. The van der Waals surface area contributed by atoms with Crippen LogP contribution in [0.25, 0.3) is 0 Å². The summed E-state index contributed by atoms with van der Waals surface area (Å²) in [6.45, 7) is 0.216.